The number of hydrogen-bond donors (Lipinski definition) is 2. The lowest BCUT2D eigenvalue weighted by atomic mass is 9.74. The predicted molar refractivity (Wildman–Crippen MR) is 127 cm³/mol. The number of benzene rings is 1. The average molecular weight is 499 g/mol. The summed E-state index contributed by atoms with van der Waals surface area (Å²) in [6, 6.07) is 3.84. The van der Waals surface area contributed by atoms with Gasteiger partial charge in [-0.1, -0.05) is 32.9 Å². The van der Waals surface area contributed by atoms with Gasteiger partial charge in [-0.05, 0) is 72.3 Å². The van der Waals surface area contributed by atoms with Gasteiger partial charge in [-0.2, -0.15) is 13.2 Å². The molecule has 1 unspecified atom stereocenters. The third kappa shape index (κ3) is 6.01. The van der Waals surface area contributed by atoms with Crippen molar-refractivity contribution >= 4 is 17.1 Å². The lowest BCUT2D eigenvalue weighted by Gasteiger charge is -2.30. The van der Waals surface area contributed by atoms with Gasteiger partial charge >= 0.3 is 6.18 Å². The first kappa shape index (κ1) is 26.7. The number of rotatable bonds is 9. The molecule has 2 aromatic rings. The molecule has 1 aliphatic carbocycles. The molecular formula is C26H33F3O4S. The number of carbonyl (C=O) groups is 1. The molecule has 2 N–H and O–H groups in total. The van der Waals surface area contributed by atoms with Crippen LogP contribution in [-0.2, 0) is 31.9 Å². The lowest BCUT2D eigenvalue weighted by Crippen LogP contribution is -2.24. The van der Waals surface area contributed by atoms with Gasteiger partial charge in [-0.25, -0.2) is 0 Å². The van der Waals surface area contributed by atoms with Crippen LogP contribution >= 0.6 is 11.3 Å². The molecule has 4 nitrogen and oxygen atoms in total. The quantitative estimate of drug-likeness (QED) is 0.435. The number of ketones is 1. The van der Waals surface area contributed by atoms with E-state index in [-0.39, 0.29) is 35.7 Å². The van der Waals surface area contributed by atoms with E-state index in [0.29, 0.717) is 53.9 Å². The smallest absolute Gasteiger partial charge is 0.425 e. The van der Waals surface area contributed by atoms with E-state index in [0.717, 1.165) is 23.1 Å². The molecule has 1 heterocycles. The maximum absolute atomic E-state index is 13.7. The van der Waals surface area contributed by atoms with Gasteiger partial charge in [-0.3, -0.25) is 4.79 Å². The van der Waals surface area contributed by atoms with Gasteiger partial charge in [0.2, 0.25) is 0 Å². The van der Waals surface area contributed by atoms with Crippen molar-refractivity contribution in [3.05, 3.63) is 49.7 Å². The first-order valence-corrected chi connectivity index (χ1v) is 12.5. The molecular weight excluding hydrogens is 465 g/mol. The van der Waals surface area contributed by atoms with Crippen LogP contribution in [0.5, 0.6) is 5.75 Å². The van der Waals surface area contributed by atoms with E-state index in [9.17, 15) is 23.1 Å². The van der Waals surface area contributed by atoms with Gasteiger partial charge in [0.05, 0.1) is 11.5 Å². The van der Waals surface area contributed by atoms with E-state index < -0.39 is 17.2 Å². The molecule has 34 heavy (non-hydrogen) atoms. The summed E-state index contributed by atoms with van der Waals surface area (Å²) in [4.78, 5) is 12.7. The van der Waals surface area contributed by atoms with Crippen molar-refractivity contribution in [1.29, 1.82) is 0 Å². The Morgan fingerprint density at radius 3 is 2.59 bits per heavy atom. The van der Waals surface area contributed by atoms with Gasteiger partial charge in [0.25, 0.3) is 0 Å². The fourth-order valence-electron chi connectivity index (χ4n) is 4.58. The Labute approximate surface area is 202 Å². The highest BCUT2D eigenvalue weighted by atomic mass is 32.1. The molecule has 188 valence electrons. The molecule has 8 heteroatoms. The Hall–Kier alpha value is -1.90. The van der Waals surface area contributed by atoms with Crippen molar-refractivity contribution in [3.63, 3.8) is 0 Å². The molecule has 1 aliphatic rings. The summed E-state index contributed by atoms with van der Waals surface area (Å²) in [6.45, 7) is 7.38. The van der Waals surface area contributed by atoms with E-state index in [4.69, 9.17) is 9.84 Å². The van der Waals surface area contributed by atoms with Crippen molar-refractivity contribution in [3.8, 4) is 5.75 Å². The second-order valence-electron chi connectivity index (χ2n) is 9.88. The molecule has 1 aromatic heterocycles. The van der Waals surface area contributed by atoms with Crippen LogP contribution in [0.2, 0.25) is 0 Å². The maximum atomic E-state index is 13.7. The second kappa shape index (κ2) is 10.4. The summed E-state index contributed by atoms with van der Waals surface area (Å²) in [5.41, 5.74) is 3.38. The third-order valence-electron chi connectivity index (χ3n) is 6.40. The van der Waals surface area contributed by atoms with E-state index in [2.05, 4.69) is 0 Å². The Bertz CT molecular complexity index is 1040. The first-order chi connectivity index (χ1) is 15.9. The highest BCUT2D eigenvalue weighted by Gasteiger charge is 2.42. The van der Waals surface area contributed by atoms with Gasteiger partial charge in [-0.15, -0.1) is 11.3 Å². The number of ether oxygens (including phenoxy) is 1. The van der Waals surface area contributed by atoms with Crippen LogP contribution in [0.4, 0.5) is 13.2 Å². The van der Waals surface area contributed by atoms with Crippen LogP contribution in [0.15, 0.2) is 12.1 Å². The first-order valence-electron chi connectivity index (χ1n) is 11.6. The molecule has 0 bridgehead atoms. The monoisotopic (exact) mass is 498 g/mol. The highest BCUT2D eigenvalue weighted by molar-refractivity contribution is 7.14. The maximum Gasteiger partial charge on any atom is 0.425 e. The van der Waals surface area contributed by atoms with E-state index >= 15 is 0 Å². The summed E-state index contributed by atoms with van der Waals surface area (Å²) in [5, 5.41) is 18.6. The van der Waals surface area contributed by atoms with Crippen molar-refractivity contribution in [2.75, 3.05) is 13.2 Å². The number of aliphatic hydroxyl groups is 2. The molecule has 0 spiro atoms. The number of aryl methyl sites for hydroxylation is 3. The fraction of sp³-hybridized carbons (Fsp3) is 0.577. The topological polar surface area (TPSA) is 66.8 Å². The number of hydrogen-bond acceptors (Lipinski definition) is 5. The summed E-state index contributed by atoms with van der Waals surface area (Å²) in [5.74, 6) is 0.411. The number of halogens is 3. The summed E-state index contributed by atoms with van der Waals surface area (Å²) in [7, 11) is 0. The number of carbonyl (C=O) groups excluding carboxylic acids is 1. The van der Waals surface area contributed by atoms with Gasteiger partial charge in [0, 0.05) is 6.42 Å². The van der Waals surface area contributed by atoms with Crippen molar-refractivity contribution < 1.29 is 32.9 Å². The molecule has 0 saturated heterocycles. The predicted octanol–water partition coefficient (Wildman–Crippen LogP) is 5.70. The lowest BCUT2D eigenvalue weighted by molar-refractivity contribution is -0.135. The minimum atomic E-state index is -4.45. The fourth-order valence-corrected chi connectivity index (χ4v) is 5.78. The SMILES string of the molecule is CCc1cc(CCC(=O)c2sc(C(F)(F)F)c3c2CCC(C)(C)C3)cc(C)c1OCC(O)CO. The van der Waals surface area contributed by atoms with Crippen LogP contribution in [0.1, 0.15) is 76.0 Å². The largest absolute Gasteiger partial charge is 0.490 e. The normalized spacial score (nSPS) is 16.3. The van der Waals surface area contributed by atoms with Gasteiger partial charge in [0.1, 0.15) is 23.3 Å². The highest BCUT2D eigenvalue weighted by Crippen LogP contribution is 2.47. The van der Waals surface area contributed by atoms with Gasteiger partial charge < -0.3 is 14.9 Å². The molecule has 0 saturated carbocycles. The zero-order valence-corrected chi connectivity index (χ0v) is 21.0. The summed E-state index contributed by atoms with van der Waals surface area (Å²) < 4.78 is 46.8. The molecule has 0 radical (unpaired) electrons. The molecule has 3 rings (SSSR count). The summed E-state index contributed by atoms with van der Waals surface area (Å²) >= 11 is 0.612. The van der Waals surface area contributed by atoms with Crippen LogP contribution in [-0.4, -0.2) is 35.3 Å². The summed E-state index contributed by atoms with van der Waals surface area (Å²) in [6.07, 6.45) is -2.58. The molecule has 1 atom stereocenters. The Morgan fingerprint density at radius 1 is 1.26 bits per heavy atom. The Kier molecular flexibility index (Phi) is 8.15. The van der Waals surface area contributed by atoms with Crippen molar-refractivity contribution in [2.24, 2.45) is 5.41 Å². The molecule has 0 aliphatic heterocycles. The number of Topliss-reactive ketones (excluding diaryl/α,β-unsaturated/α-hetero) is 1. The van der Waals surface area contributed by atoms with E-state index in [1.807, 2.05) is 39.8 Å². The Morgan fingerprint density at radius 2 is 1.97 bits per heavy atom. The van der Waals surface area contributed by atoms with Crippen molar-refractivity contribution in [2.45, 2.75) is 78.5 Å². The number of thiophene rings is 1. The third-order valence-corrected chi connectivity index (χ3v) is 7.76. The van der Waals surface area contributed by atoms with E-state index in [1.54, 1.807) is 0 Å². The number of aliphatic hydroxyl groups excluding tert-OH is 2. The van der Waals surface area contributed by atoms with Crippen molar-refractivity contribution in [1.82, 2.24) is 0 Å². The van der Waals surface area contributed by atoms with Crippen LogP contribution < -0.4 is 4.74 Å². The van der Waals surface area contributed by atoms with E-state index in [1.165, 1.54) is 0 Å². The van der Waals surface area contributed by atoms with Crippen LogP contribution in [0.3, 0.4) is 0 Å². The average Bonchev–Trinajstić information content (AvgIpc) is 3.14. The number of alkyl halides is 3. The second-order valence-corrected chi connectivity index (χ2v) is 10.9. The van der Waals surface area contributed by atoms with Gasteiger partial charge in [0.15, 0.2) is 5.78 Å². The number of fused-ring (bicyclic) bond motifs is 1. The zero-order valence-electron chi connectivity index (χ0n) is 20.1. The molecule has 0 fully saturated rings. The molecule has 0 amide bonds. The molecule has 1 aromatic carbocycles. The van der Waals surface area contributed by atoms with Crippen LogP contribution in [0.25, 0.3) is 0 Å². The van der Waals surface area contributed by atoms with Crippen LogP contribution in [0, 0.1) is 12.3 Å². The minimum absolute atomic E-state index is 0.0238. The zero-order chi connectivity index (χ0) is 25.3. The standard InChI is InChI=1S/C26H33F3O4S/c1-5-17-11-16(10-15(2)22(17)33-14-18(31)13-30)6-7-21(32)23-19-8-9-25(3,4)12-20(19)24(34-23)26(27,28)29/h10-11,18,30-31H,5-9,12-14H2,1-4H3. The minimum Gasteiger partial charge on any atom is -0.490 e. The Balaban J connectivity index is 1.80.